The van der Waals surface area contributed by atoms with Crippen LogP contribution in [-0.2, 0) is 4.74 Å². The van der Waals surface area contributed by atoms with Crippen molar-refractivity contribution in [2.45, 2.75) is 6.43 Å². The predicted octanol–water partition coefficient (Wildman–Crippen LogP) is 0.338. The van der Waals surface area contributed by atoms with Crippen LogP contribution in [0, 0.1) is 0 Å². The number of methoxy groups -OCH3 is 1. The number of nitrogens with two attached hydrogens (primary N) is 2. The number of nitrogens with zero attached hydrogens (tertiary/aromatic N) is 4. The number of hydrazone groups is 1. The summed E-state index contributed by atoms with van der Waals surface area (Å²) in [5.41, 5.74) is 0.401. The number of hydrazine groups is 1. The van der Waals surface area contributed by atoms with Gasteiger partial charge in [0.2, 0.25) is 5.84 Å². The first-order valence-electron chi connectivity index (χ1n) is 5.65. The minimum Gasteiger partial charge on any atom is -0.465 e. The molecule has 0 amide bonds. The van der Waals surface area contributed by atoms with E-state index in [1.807, 2.05) is 0 Å². The normalized spacial score (nSPS) is 12.0. The number of carbonyl (C=O) groups excluding carboxylic acids is 1. The molecule has 0 fully saturated rings. The van der Waals surface area contributed by atoms with Gasteiger partial charge >= 0.3 is 5.97 Å². The SMILES string of the molecule is COC(=O)c1cc(N(N)/C(=N\N)C(F)F)c2nccn2c1. The number of rotatable bonds is 3. The molecule has 2 heterocycles. The van der Waals surface area contributed by atoms with Crippen LogP contribution < -0.4 is 16.7 Å². The molecular weight excluding hydrogens is 286 g/mol. The van der Waals surface area contributed by atoms with Crippen molar-refractivity contribution in [3.8, 4) is 0 Å². The molecule has 0 aliphatic heterocycles. The molecule has 0 aliphatic rings. The summed E-state index contributed by atoms with van der Waals surface area (Å²) in [6.45, 7) is 0. The van der Waals surface area contributed by atoms with Gasteiger partial charge in [0.05, 0.1) is 12.7 Å². The summed E-state index contributed by atoms with van der Waals surface area (Å²) in [5.74, 6) is 9.04. The number of pyridine rings is 1. The minimum atomic E-state index is -2.99. The highest BCUT2D eigenvalue weighted by molar-refractivity contribution is 6.02. The number of ether oxygens (including phenoxy) is 1. The van der Waals surface area contributed by atoms with E-state index in [2.05, 4.69) is 14.8 Å². The molecule has 21 heavy (non-hydrogen) atoms. The average molecular weight is 298 g/mol. The molecule has 0 atom stereocenters. The van der Waals surface area contributed by atoms with Crippen LogP contribution in [-0.4, -0.2) is 34.7 Å². The molecule has 0 spiro atoms. The Morgan fingerprint density at radius 2 is 2.29 bits per heavy atom. The first-order valence-corrected chi connectivity index (χ1v) is 5.65. The Morgan fingerprint density at radius 3 is 2.86 bits per heavy atom. The summed E-state index contributed by atoms with van der Waals surface area (Å²) in [4.78, 5) is 15.6. The lowest BCUT2D eigenvalue weighted by atomic mass is 10.2. The molecule has 2 aromatic heterocycles. The first-order chi connectivity index (χ1) is 9.99. The number of halogens is 2. The van der Waals surface area contributed by atoms with E-state index in [1.54, 1.807) is 0 Å². The molecule has 0 unspecified atom stereocenters. The van der Waals surface area contributed by atoms with E-state index in [9.17, 15) is 13.6 Å². The van der Waals surface area contributed by atoms with Gasteiger partial charge in [0.25, 0.3) is 6.43 Å². The molecule has 0 saturated carbocycles. The van der Waals surface area contributed by atoms with Crippen molar-refractivity contribution in [3.63, 3.8) is 0 Å². The average Bonchev–Trinajstić information content (AvgIpc) is 2.93. The molecule has 2 rings (SSSR count). The van der Waals surface area contributed by atoms with E-state index < -0.39 is 18.2 Å². The maximum atomic E-state index is 12.8. The van der Waals surface area contributed by atoms with Crippen LogP contribution in [0.1, 0.15) is 10.4 Å². The number of aromatic nitrogens is 2. The largest absolute Gasteiger partial charge is 0.465 e. The predicted molar refractivity (Wildman–Crippen MR) is 70.8 cm³/mol. The standard InChI is InChI=1S/C11H12F2N6O2/c1-21-11(20)6-4-7(9-16-2-3-18(9)5-6)19(15)10(17-14)8(12)13/h2-5,8H,14-15H2,1H3/b17-10-. The smallest absolute Gasteiger partial charge is 0.339 e. The van der Waals surface area contributed by atoms with Gasteiger partial charge in [-0.1, -0.05) is 0 Å². The highest BCUT2D eigenvalue weighted by atomic mass is 19.3. The molecular formula is C11H12F2N6O2. The summed E-state index contributed by atoms with van der Waals surface area (Å²) in [7, 11) is 1.20. The molecule has 112 valence electrons. The third-order valence-corrected chi connectivity index (χ3v) is 2.72. The molecule has 0 saturated heterocycles. The van der Waals surface area contributed by atoms with E-state index in [0.29, 0.717) is 5.01 Å². The molecule has 4 N–H and O–H groups in total. The number of hydrogen-bond acceptors (Lipinski definition) is 6. The Balaban J connectivity index is 2.61. The van der Waals surface area contributed by atoms with Gasteiger partial charge in [0, 0.05) is 18.6 Å². The minimum absolute atomic E-state index is 0.0346. The third kappa shape index (κ3) is 2.60. The fraction of sp³-hybridized carbons (Fsp3) is 0.182. The van der Waals surface area contributed by atoms with Gasteiger partial charge in [-0.05, 0) is 6.07 Å². The molecule has 0 aromatic carbocycles. The maximum Gasteiger partial charge on any atom is 0.339 e. The van der Waals surface area contributed by atoms with Gasteiger partial charge in [-0.15, -0.1) is 0 Å². The van der Waals surface area contributed by atoms with Crippen LogP contribution in [0.4, 0.5) is 14.5 Å². The van der Waals surface area contributed by atoms with Crippen molar-refractivity contribution in [2.75, 3.05) is 12.1 Å². The summed E-state index contributed by atoms with van der Waals surface area (Å²) < 4.78 is 31.7. The second kappa shape index (κ2) is 5.71. The number of fused-ring (bicyclic) bond motifs is 1. The molecule has 0 radical (unpaired) electrons. The van der Waals surface area contributed by atoms with E-state index in [-0.39, 0.29) is 16.9 Å². The first kappa shape index (κ1) is 14.7. The van der Waals surface area contributed by atoms with Crippen molar-refractivity contribution in [2.24, 2.45) is 16.8 Å². The molecule has 0 bridgehead atoms. The fourth-order valence-corrected chi connectivity index (χ4v) is 1.77. The second-order valence-electron chi connectivity index (χ2n) is 3.92. The Hall–Kier alpha value is -2.75. The number of alkyl halides is 2. The van der Waals surface area contributed by atoms with Gasteiger partial charge in [-0.3, -0.25) is 5.01 Å². The van der Waals surface area contributed by atoms with E-state index in [0.717, 1.165) is 0 Å². The zero-order valence-electron chi connectivity index (χ0n) is 10.9. The van der Waals surface area contributed by atoms with Gasteiger partial charge in [-0.25, -0.2) is 24.4 Å². The van der Waals surface area contributed by atoms with Gasteiger partial charge in [0.15, 0.2) is 5.65 Å². The Morgan fingerprint density at radius 1 is 1.57 bits per heavy atom. The summed E-state index contributed by atoms with van der Waals surface area (Å²) in [6.07, 6.45) is 1.40. The topological polar surface area (TPSA) is 111 Å². The summed E-state index contributed by atoms with van der Waals surface area (Å²) in [6, 6.07) is 1.27. The maximum absolute atomic E-state index is 12.8. The Kier molecular flexibility index (Phi) is 3.98. The van der Waals surface area contributed by atoms with E-state index >= 15 is 0 Å². The summed E-state index contributed by atoms with van der Waals surface area (Å²) >= 11 is 0. The lowest BCUT2D eigenvalue weighted by Crippen LogP contribution is -2.42. The highest BCUT2D eigenvalue weighted by Gasteiger charge is 2.24. The van der Waals surface area contributed by atoms with Crippen LogP contribution in [0.2, 0.25) is 0 Å². The van der Waals surface area contributed by atoms with E-state index in [1.165, 1.54) is 36.2 Å². The van der Waals surface area contributed by atoms with Crippen LogP contribution >= 0.6 is 0 Å². The number of amidine groups is 1. The monoisotopic (exact) mass is 298 g/mol. The van der Waals surface area contributed by atoms with Crippen molar-refractivity contribution in [3.05, 3.63) is 30.2 Å². The summed E-state index contributed by atoms with van der Waals surface area (Å²) in [5, 5.41) is 3.55. The number of hydrogen-bond donors (Lipinski definition) is 2. The number of anilines is 1. The molecule has 8 nitrogen and oxygen atoms in total. The lowest BCUT2D eigenvalue weighted by molar-refractivity contribution is 0.0600. The van der Waals surface area contributed by atoms with Crippen molar-refractivity contribution in [1.29, 1.82) is 0 Å². The molecule has 0 aliphatic carbocycles. The van der Waals surface area contributed by atoms with Crippen LogP contribution in [0.3, 0.4) is 0 Å². The molecule has 10 heteroatoms. The zero-order chi connectivity index (χ0) is 15.6. The van der Waals surface area contributed by atoms with Crippen molar-refractivity contribution >= 4 is 23.1 Å². The molecule has 2 aromatic rings. The van der Waals surface area contributed by atoms with Gasteiger partial charge < -0.3 is 15.0 Å². The Bertz CT molecular complexity index is 699. The second-order valence-corrected chi connectivity index (χ2v) is 3.92. The fourth-order valence-electron chi connectivity index (χ4n) is 1.77. The quantitative estimate of drug-likeness (QED) is 0.278. The number of imidazole rings is 1. The highest BCUT2D eigenvalue weighted by Crippen LogP contribution is 2.22. The lowest BCUT2D eigenvalue weighted by Gasteiger charge is -2.20. The van der Waals surface area contributed by atoms with Gasteiger partial charge in [-0.2, -0.15) is 5.10 Å². The van der Waals surface area contributed by atoms with Crippen LogP contribution in [0.25, 0.3) is 5.65 Å². The Labute approximate surface area is 117 Å². The third-order valence-electron chi connectivity index (χ3n) is 2.72. The zero-order valence-corrected chi connectivity index (χ0v) is 10.9. The van der Waals surface area contributed by atoms with E-state index in [4.69, 9.17) is 11.7 Å². The van der Waals surface area contributed by atoms with Crippen LogP contribution in [0.15, 0.2) is 29.8 Å². The van der Waals surface area contributed by atoms with Crippen LogP contribution in [0.5, 0.6) is 0 Å². The van der Waals surface area contributed by atoms with Gasteiger partial charge in [0.1, 0.15) is 5.69 Å². The number of carbonyl (C=O) groups is 1. The van der Waals surface area contributed by atoms with Crippen molar-refractivity contribution < 1.29 is 18.3 Å². The van der Waals surface area contributed by atoms with Crippen molar-refractivity contribution in [1.82, 2.24) is 9.38 Å². The number of esters is 1.